The predicted octanol–water partition coefficient (Wildman–Crippen LogP) is 1.18. The van der Waals surface area contributed by atoms with E-state index in [1.54, 1.807) is 12.1 Å². The van der Waals surface area contributed by atoms with Crippen LogP contribution in [0.1, 0.15) is 25.7 Å². The van der Waals surface area contributed by atoms with Gasteiger partial charge in [0.15, 0.2) is 0 Å². The SMILES string of the molecule is CNS(=O)(=O)c1ccccc1NC(=O)CCCCC(=O)O. The van der Waals surface area contributed by atoms with Crippen molar-refractivity contribution in [2.24, 2.45) is 0 Å². The summed E-state index contributed by atoms with van der Waals surface area (Å²) in [6.07, 6.45) is 0.984. The van der Waals surface area contributed by atoms with Gasteiger partial charge < -0.3 is 10.4 Å². The summed E-state index contributed by atoms with van der Waals surface area (Å²) in [4.78, 5) is 22.1. The molecule has 0 aliphatic rings. The highest BCUT2D eigenvalue weighted by molar-refractivity contribution is 7.89. The lowest BCUT2D eigenvalue weighted by atomic mass is 10.2. The number of unbranched alkanes of at least 4 members (excludes halogenated alkanes) is 1. The maximum Gasteiger partial charge on any atom is 0.303 e. The zero-order chi connectivity index (χ0) is 15.9. The van der Waals surface area contributed by atoms with Crippen LogP contribution in [0.2, 0.25) is 0 Å². The van der Waals surface area contributed by atoms with Crippen LogP contribution in [-0.2, 0) is 19.6 Å². The third kappa shape index (κ3) is 5.52. The zero-order valence-corrected chi connectivity index (χ0v) is 12.4. The lowest BCUT2D eigenvalue weighted by Crippen LogP contribution is -2.21. The molecule has 1 aromatic carbocycles. The van der Waals surface area contributed by atoms with Crippen molar-refractivity contribution in [3.05, 3.63) is 24.3 Å². The van der Waals surface area contributed by atoms with Crippen molar-refractivity contribution in [2.75, 3.05) is 12.4 Å². The van der Waals surface area contributed by atoms with Gasteiger partial charge in [-0.05, 0) is 32.0 Å². The largest absolute Gasteiger partial charge is 0.481 e. The summed E-state index contributed by atoms with van der Waals surface area (Å²) in [6, 6.07) is 6.08. The highest BCUT2D eigenvalue weighted by atomic mass is 32.2. The molecule has 0 saturated carbocycles. The number of hydrogen-bond acceptors (Lipinski definition) is 4. The molecule has 116 valence electrons. The molecule has 0 unspecified atom stereocenters. The van der Waals surface area contributed by atoms with E-state index in [1.165, 1.54) is 19.2 Å². The van der Waals surface area contributed by atoms with Gasteiger partial charge in [-0.3, -0.25) is 9.59 Å². The van der Waals surface area contributed by atoms with Crippen molar-refractivity contribution < 1.29 is 23.1 Å². The van der Waals surface area contributed by atoms with Gasteiger partial charge in [0.25, 0.3) is 0 Å². The van der Waals surface area contributed by atoms with Crippen molar-refractivity contribution in [1.29, 1.82) is 0 Å². The topological polar surface area (TPSA) is 113 Å². The molecule has 8 heteroatoms. The molecule has 3 N–H and O–H groups in total. The number of carboxylic acids is 1. The third-order valence-corrected chi connectivity index (χ3v) is 4.24. The van der Waals surface area contributed by atoms with E-state index in [1.807, 2.05) is 0 Å². The molecular weight excluding hydrogens is 296 g/mol. The molecule has 0 fully saturated rings. The first-order valence-electron chi connectivity index (χ1n) is 6.41. The summed E-state index contributed by atoms with van der Waals surface area (Å²) in [5.74, 6) is -1.25. The van der Waals surface area contributed by atoms with Gasteiger partial charge in [-0.1, -0.05) is 12.1 Å². The minimum absolute atomic E-state index is 0.00798. The summed E-state index contributed by atoms with van der Waals surface area (Å²) in [5, 5.41) is 11.0. The molecule has 0 aliphatic carbocycles. The van der Waals surface area contributed by atoms with E-state index in [0.29, 0.717) is 12.8 Å². The number of benzene rings is 1. The van der Waals surface area contributed by atoms with Crippen LogP contribution >= 0.6 is 0 Å². The predicted molar refractivity (Wildman–Crippen MR) is 77.4 cm³/mol. The highest BCUT2D eigenvalue weighted by Gasteiger charge is 2.17. The van der Waals surface area contributed by atoms with Crippen LogP contribution in [0.25, 0.3) is 0 Å². The molecule has 7 nitrogen and oxygen atoms in total. The molecule has 1 aromatic rings. The average Bonchev–Trinajstić information content (AvgIpc) is 2.44. The van der Waals surface area contributed by atoms with E-state index >= 15 is 0 Å². The summed E-state index contributed by atoms with van der Waals surface area (Å²) >= 11 is 0. The van der Waals surface area contributed by atoms with Crippen molar-refractivity contribution in [1.82, 2.24) is 4.72 Å². The van der Waals surface area contributed by atoms with Crippen molar-refractivity contribution in [2.45, 2.75) is 30.6 Å². The maximum absolute atomic E-state index is 11.8. The van der Waals surface area contributed by atoms with Crippen LogP contribution in [0.15, 0.2) is 29.2 Å². The van der Waals surface area contributed by atoms with Gasteiger partial charge in [0.2, 0.25) is 15.9 Å². The van der Waals surface area contributed by atoms with Crippen LogP contribution in [0.5, 0.6) is 0 Å². The fourth-order valence-corrected chi connectivity index (χ4v) is 2.57. The Bertz CT molecular complexity index is 613. The standard InChI is InChI=1S/C13H18N2O5S/c1-14-21(19,20)11-7-3-2-6-10(11)15-12(16)8-4-5-9-13(17)18/h2-3,6-7,14H,4-5,8-9H2,1H3,(H,15,16)(H,17,18). The van der Waals surface area contributed by atoms with Crippen LogP contribution in [0, 0.1) is 0 Å². The molecule has 0 heterocycles. The number of amides is 1. The van der Waals surface area contributed by atoms with Gasteiger partial charge >= 0.3 is 5.97 Å². The maximum atomic E-state index is 11.8. The van der Waals surface area contributed by atoms with Gasteiger partial charge in [0.1, 0.15) is 4.90 Å². The second kappa shape index (κ2) is 7.75. The van der Waals surface area contributed by atoms with E-state index in [2.05, 4.69) is 10.0 Å². The number of sulfonamides is 1. The Hall–Kier alpha value is -1.93. The van der Waals surface area contributed by atoms with Gasteiger partial charge in [-0.25, -0.2) is 13.1 Å². The third-order valence-electron chi connectivity index (χ3n) is 2.76. The second-order valence-corrected chi connectivity index (χ2v) is 6.21. The molecule has 1 rings (SSSR count). The molecule has 0 bridgehead atoms. The van der Waals surface area contributed by atoms with Crippen LogP contribution < -0.4 is 10.0 Å². The van der Waals surface area contributed by atoms with Gasteiger partial charge in [0.05, 0.1) is 5.69 Å². The number of carboxylic acid groups (broad SMARTS) is 1. The van der Waals surface area contributed by atoms with Gasteiger partial charge in [-0.15, -0.1) is 0 Å². The van der Waals surface area contributed by atoms with Crippen molar-refractivity contribution in [3.63, 3.8) is 0 Å². The minimum atomic E-state index is -3.65. The number of aliphatic carboxylic acids is 1. The number of carbonyl (C=O) groups is 2. The van der Waals surface area contributed by atoms with Crippen LogP contribution in [0.3, 0.4) is 0 Å². The second-order valence-electron chi connectivity index (χ2n) is 4.35. The number of rotatable bonds is 8. The molecule has 1 amide bonds. The van der Waals surface area contributed by atoms with Crippen LogP contribution in [-0.4, -0.2) is 32.4 Å². The Labute approximate surface area is 123 Å². The highest BCUT2D eigenvalue weighted by Crippen LogP contribution is 2.20. The Morgan fingerprint density at radius 1 is 1.14 bits per heavy atom. The number of nitrogens with one attached hydrogen (secondary N) is 2. The quantitative estimate of drug-likeness (QED) is 0.624. The Morgan fingerprint density at radius 3 is 2.38 bits per heavy atom. The number of carbonyl (C=O) groups excluding carboxylic acids is 1. The summed E-state index contributed by atoms with van der Waals surface area (Å²) < 4.78 is 25.8. The smallest absolute Gasteiger partial charge is 0.303 e. The van der Waals surface area contributed by atoms with E-state index < -0.39 is 16.0 Å². The summed E-state index contributed by atoms with van der Waals surface area (Å²) in [5.41, 5.74) is 0.204. The number of hydrogen-bond donors (Lipinski definition) is 3. The van der Waals surface area contributed by atoms with Crippen molar-refractivity contribution in [3.8, 4) is 0 Å². The molecular formula is C13H18N2O5S. The van der Waals surface area contributed by atoms with E-state index in [-0.39, 0.29) is 29.3 Å². The molecule has 0 spiro atoms. The lowest BCUT2D eigenvalue weighted by molar-refractivity contribution is -0.137. The Morgan fingerprint density at radius 2 is 1.76 bits per heavy atom. The van der Waals surface area contributed by atoms with E-state index in [0.717, 1.165) is 0 Å². The van der Waals surface area contributed by atoms with Gasteiger partial charge in [-0.2, -0.15) is 0 Å². The molecule has 0 aliphatic heterocycles. The first-order valence-corrected chi connectivity index (χ1v) is 7.89. The molecule has 0 atom stereocenters. The summed E-state index contributed by atoms with van der Waals surface area (Å²) in [6.45, 7) is 0. The monoisotopic (exact) mass is 314 g/mol. The minimum Gasteiger partial charge on any atom is -0.481 e. The van der Waals surface area contributed by atoms with Crippen molar-refractivity contribution >= 4 is 27.6 Å². The normalized spacial score (nSPS) is 11.1. The number of para-hydroxylation sites is 1. The Balaban J connectivity index is 2.67. The fourth-order valence-electron chi connectivity index (χ4n) is 1.69. The van der Waals surface area contributed by atoms with E-state index in [4.69, 9.17) is 5.11 Å². The molecule has 0 aromatic heterocycles. The first-order chi connectivity index (χ1) is 9.86. The fraction of sp³-hybridized carbons (Fsp3) is 0.385. The van der Waals surface area contributed by atoms with Crippen LogP contribution in [0.4, 0.5) is 5.69 Å². The Kier molecular flexibility index (Phi) is 6.32. The summed E-state index contributed by atoms with van der Waals surface area (Å²) in [7, 11) is -2.36. The number of anilines is 1. The molecule has 0 radical (unpaired) electrons. The first kappa shape index (κ1) is 17.1. The zero-order valence-electron chi connectivity index (χ0n) is 11.6. The molecule has 21 heavy (non-hydrogen) atoms. The average molecular weight is 314 g/mol. The molecule has 0 saturated heterocycles. The lowest BCUT2D eigenvalue weighted by Gasteiger charge is -2.10. The van der Waals surface area contributed by atoms with E-state index in [9.17, 15) is 18.0 Å². The van der Waals surface area contributed by atoms with Gasteiger partial charge in [0, 0.05) is 12.8 Å².